The Hall–Kier alpha value is -3.78. The SMILES string of the molecule is Cc1nc(-c2ccc3c(c2)CN(c2ncc(Cc4ccc(N=CC=CN)cc4)s2)CC3)no1. The van der Waals surface area contributed by atoms with E-state index in [9.17, 15) is 0 Å². The molecule has 0 saturated heterocycles. The molecule has 2 N–H and O–H groups in total. The molecule has 1 aliphatic rings. The molecule has 166 valence electrons. The van der Waals surface area contributed by atoms with Crippen LogP contribution in [0, 0.1) is 6.92 Å². The van der Waals surface area contributed by atoms with Crippen LogP contribution in [0.15, 0.2) is 70.5 Å². The molecule has 2 aromatic carbocycles. The molecule has 7 nitrogen and oxygen atoms in total. The fourth-order valence-electron chi connectivity index (χ4n) is 3.88. The first kappa shape index (κ1) is 21.1. The van der Waals surface area contributed by atoms with Gasteiger partial charge < -0.3 is 15.2 Å². The number of aliphatic imine (C=N–C) groups is 1. The van der Waals surface area contributed by atoms with Gasteiger partial charge in [-0.3, -0.25) is 4.99 Å². The summed E-state index contributed by atoms with van der Waals surface area (Å²) in [6, 6.07) is 14.7. The van der Waals surface area contributed by atoms with Crippen molar-refractivity contribution in [2.24, 2.45) is 10.7 Å². The molecule has 8 heteroatoms. The van der Waals surface area contributed by atoms with Crippen molar-refractivity contribution in [3.8, 4) is 11.4 Å². The lowest BCUT2D eigenvalue weighted by Crippen LogP contribution is -2.30. The standard InChI is InChI=1S/C25H24N6OS/c1-17-29-24(30-32-17)20-6-5-19-9-12-31(16-21(19)14-20)25-28-15-23(33-25)13-18-3-7-22(8-4-18)27-11-2-10-26/h2-8,10-11,14-15H,9,12-13,16,26H2,1H3. The molecule has 0 saturated carbocycles. The maximum atomic E-state index is 5.33. The van der Waals surface area contributed by atoms with Crippen molar-refractivity contribution in [3.63, 3.8) is 0 Å². The maximum absolute atomic E-state index is 5.33. The summed E-state index contributed by atoms with van der Waals surface area (Å²) < 4.78 is 5.14. The smallest absolute Gasteiger partial charge is 0.223 e. The first-order valence-electron chi connectivity index (χ1n) is 10.8. The summed E-state index contributed by atoms with van der Waals surface area (Å²) in [5.74, 6) is 1.21. The van der Waals surface area contributed by atoms with E-state index in [1.165, 1.54) is 27.8 Å². The lowest BCUT2D eigenvalue weighted by molar-refractivity contribution is 0.394. The van der Waals surface area contributed by atoms with Crippen LogP contribution in [0.3, 0.4) is 0 Å². The number of nitrogens with two attached hydrogens (primary N) is 1. The molecule has 0 spiro atoms. The number of thiazole rings is 1. The number of nitrogens with zero attached hydrogens (tertiary/aromatic N) is 5. The van der Waals surface area contributed by atoms with Crippen LogP contribution >= 0.6 is 11.3 Å². The number of aromatic nitrogens is 3. The van der Waals surface area contributed by atoms with Crippen LogP contribution < -0.4 is 10.6 Å². The predicted octanol–water partition coefficient (Wildman–Crippen LogP) is 4.83. The summed E-state index contributed by atoms with van der Waals surface area (Å²) >= 11 is 1.76. The Morgan fingerprint density at radius 2 is 2.06 bits per heavy atom. The zero-order valence-corrected chi connectivity index (χ0v) is 19.1. The number of allylic oxidation sites excluding steroid dienone is 1. The lowest BCUT2D eigenvalue weighted by atomic mass is 9.97. The highest BCUT2D eigenvalue weighted by Gasteiger charge is 2.20. The first-order chi connectivity index (χ1) is 16.2. The Balaban J connectivity index is 1.27. The van der Waals surface area contributed by atoms with Gasteiger partial charge in [-0.15, -0.1) is 11.3 Å². The number of aryl methyl sites for hydroxylation is 1. The van der Waals surface area contributed by atoms with Gasteiger partial charge in [0, 0.05) is 49.3 Å². The van der Waals surface area contributed by atoms with Gasteiger partial charge in [-0.2, -0.15) is 4.98 Å². The van der Waals surface area contributed by atoms with Crippen molar-refractivity contribution < 1.29 is 4.52 Å². The maximum Gasteiger partial charge on any atom is 0.223 e. The number of rotatable bonds is 6. The Bertz CT molecular complexity index is 1300. The van der Waals surface area contributed by atoms with E-state index in [0.29, 0.717) is 11.7 Å². The molecule has 2 aromatic heterocycles. The molecular formula is C25H24N6OS. The number of hydrogen-bond donors (Lipinski definition) is 1. The minimum absolute atomic E-state index is 0.575. The molecule has 33 heavy (non-hydrogen) atoms. The van der Waals surface area contributed by atoms with Crippen LogP contribution in [0.5, 0.6) is 0 Å². The lowest BCUT2D eigenvalue weighted by Gasteiger charge is -2.28. The molecule has 0 radical (unpaired) electrons. The third-order valence-electron chi connectivity index (χ3n) is 5.55. The summed E-state index contributed by atoms with van der Waals surface area (Å²) in [4.78, 5) is 17.0. The van der Waals surface area contributed by atoms with Crippen molar-refractivity contribution in [3.05, 3.63) is 88.4 Å². The topological polar surface area (TPSA) is 93.4 Å². The summed E-state index contributed by atoms with van der Waals surface area (Å²) in [6.45, 7) is 3.60. The van der Waals surface area contributed by atoms with Gasteiger partial charge in [0.2, 0.25) is 11.7 Å². The van der Waals surface area contributed by atoms with E-state index < -0.39 is 0 Å². The predicted molar refractivity (Wildman–Crippen MR) is 132 cm³/mol. The van der Waals surface area contributed by atoms with Crippen LogP contribution in [-0.4, -0.2) is 27.9 Å². The summed E-state index contributed by atoms with van der Waals surface area (Å²) in [5, 5.41) is 5.11. The number of hydrogen-bond acceptors (Lipinski definition) is 8. The fourth-order valence-corrected chi connectivity index (χ4v) is 4.85. The van der Waals surface area contributed by atoms with Crippen LogP contribution in [-0.2, 0) is 19.4 Å². The molecule has 0 atom stereocenters. The zero-order valence-electron chi connectivity index (χ0n) is 18.3. The molecule has 0 amide bonds. The van der Waals surface area contributed by atoms with Crippen LogP contribution in [0.2, 0.25) is 0 Å². The van der Waals surface area contributed by atoms with Gasteiger partial charge in [-0.1, -0.05) is 29.4 Å². The van der Waals surface area contributed by atoms with Crippen molar-refractivity contribution in [1.29, 1.82) is 0 Å². The average Bonchev–Trinajstić information content (AvgIpc) is 3.49. The molecule has 0 fully saturated rings. The quantitative estimate of drug-likeness (QED) is 0.418. The second-order valence-corrected chi connectivity index (χ2v) is 9.00. The average molecular weight is 457 g/mol. The second kappa shape index (κ2) is 9.38. The highest BCUT2D eigenvalue weighted by molar-refractivity contribution is 7.15. The largest absolute Gasteiger partial charge is 0.405 e. The molecule has 0 aliphatic carbocycles. The van der Waals surface area contributed by atoms with Crippen molar-refractivity contribution in [2.75, 3.05) is 11.4 Å². The normalized spacial score (nSPS) is 13.8. The van der Waals surface area contributed by atoms with Gasteiger partial charge in [-0.25, -0.2) is 4.98 Å². The van der Waals surface area contributed by atoms with E-state index in [1.807, 2.05) is 18.3 Å². The van der Waals surface area contributed by atoms with Crippen molar-refractivity contribution >= 4 is 28.4 Å². The number of anilines is 1. The van der Waals surface area contributed by atoms with Gasteiger partial charge in [0.15, 0.2) is 5.13 Å². The monoisotopic (exact) mass is 456 g/mol. The van der Waals surface area contributed by atoms with Crippen molar-refractivity contribution in [1.82, 2.24) is 15.1 Å². The van der Waals surface area contributed by atoms with Crippen molar-refractivity contribution in [2.45, 2.75) is 26.3 Å². The Labute approximate surface area is 196 Å². The van der Waals surface area contributed by atoms with Crippen LogP contribution in [0.1, 0.15) is 27.5 Å². The Morgan fingerprint density at radius 3 is 2.85 bits per heavy atom. The van der Waals surface area contributed by atoms with Gasteiger partial charge in [0.05, 0.1) is 5.69 Å². The minimum Gasteiger partial charge on any atom is -0.405 e. The summed E-state index contributed by atoms with van der Waals surface area (Å²) in [7, 11) is 0. The number of fused-ring (bicyclic) bond motifs is 1. The van der Waals surface area contributed by atoms with Crippen LogP contribution in [0.25, 0.3) is 11.4 Å². The molecule has 5 rings (SSSR count). The summed E-state index contributed by atoms with van der Waals surface area (Å²) in [5.41, 5.74) is 11.1. The first-order valence-corrected chi connectivity index (χ1v) is 11.6. The van der Waals surface area contributed by atoms with Gasteiger partial charge in [0.1, 0.15) is 0 Å². The molecule has 4 aromatic rings. The molecule has 3 heterocycles. The third kappa shape index (κ3) is 4.85. The Morgan fingerprint density at radius 1 is 1.18 bits per heavy atom. The highest BCUT2D eigenvalue weighted by atomic mass is 32.1. The Kier molecular flexibility index (Phi) is 5.99. The van der Waals surface area contributed by atoms with Gasteiger partial charge in [-0.05, 0) is 53.6 Å². The second-order valence-electron chi connectivity index (χ2n) is 7.91. The molecule has 0 unspecified atom stereocenters. The minimum atomic E-state index is 0.575. The molecular weight excluding hydrogens is 432 g/mol. The molecule has 1 aliphatic heterocycles. The van der Waals surface area contributed by atoms with E-state index in [-0.39, 0.29) is 0 Å². The van der Waals surface area contributed by atoms with E-state index in [1.54, 1.807) is 30.6 Å². The zero-order chi connectivity index (χ0) is 22.6. The third-order valence-corrected chi connectivity index (χ3v) is 6.61. The van der Waals surface area contributed by atoms with Crippen LogP contribution in [0.4, 0.5) is 10.8 Å². The van der Waals surface area contributed by atoms with E-state index in [4.69, 9.17) is 15.2 Å². The van der Waals surface area contributed by atoms with Gasteiger partial charge >= 0.3 is 0 Å². The fraction of sp³-hybridized carbons (Fsp3) is 0.200. The van der Waals surface area contributed by atoms with E-state index >= 15 is 0 Å². The van der Waals surface area contributed by atoms with Gasteiger partial charge in [0.25, 0.3) is 0 Å². The molecule has 0 bridgehead atoms. The summed E-state index contributed by atoms with van der Waals surface area (Å²) in [6.07, 6.45) is 8.71. The number of benzene rings is 2. The van der Waals surface area contributed by atoms with E-state index in [0.717, 1.165) is 42.3 Å². The van der Waals surface area contributed by atoms with E-state index in [2.05, 4.69) is 50.4 Å². The highest BCUT2D eigenvalue weighted by Crippen LogP contribution is 2.31.